The zero-order valence-electron chi connectivity index (χ0n) is 9.19. The number of benzene rings is 1. The molecule has 0 atom stereocenters. The summed E-state index contributed by atoms with van der Waals surface area (Å²) in [6.07, 6.45) is 1.61. The minimum absolute atomic E-state index is 0.522. The van der Waals surface area contributed by atoms with E-state index in [1.165, 1.54) is 0 Å². The summed E-state index contributed by atoms with van der Waals surface area (Å²) in [4.78, 5) is 0. The van der Waals surface area contributed by atoms with Gasteiger partial charge in [0.1, 0.15) is 5.76 Å². The summed E-state index contributed by atoms with van der Waals surface area (Å²) in [5.74, 6) is 1.87. The van der Waals surface area contributed by atoms with Gasteiger partial charge >= 0.3 is 0 Å². The molecule has 84 valence electrons. The largest absolute Gasteiger partial charge is 0.493 e. The van der Waals surface area contributed by atoms with Crippen molar-refractivity contribution in [1.82, 2.24) is 0 Å². The van der Waals surface area contributed by atoms with Gasteiger partial charge in [0.2, 0.25) is 0 Å². The van der Waals surface area contributed by atoms with Crippen molar-refractivity contribution in [2.24, 2.45) is 0 Å². The van der Waals surface area contributed by atoms with Gasteiger partial charge in [-0.05, 0) is 24.3 Å². The second-order valence-corrected chi connectivity index (χ2v) is 3.28. The van der Waals surface area contributed by atoms with Gasteiger partial charge < -0.3 is 19.6 Å². The van der Waals surface area contributed by atoms with Gasteiger partial charge in [0.05, 0.1) is 26.2 Å². The van der Waals surface area contributed by atoms with Crippen LogP contribution in [0.15, 0.2) is 34.9 Å². The number of hydrogen-bond donors (Lipinski definition) is 1. The lowest BCUT2D eigenvalue weighted by atomic mass is 10.1. The molecule has 0 fully saturated rings. The Labute approximate surface area is 93.6 Å². The molecule has 0 spiro atoms. The maximum atomic E-state index is 5.87. The number of furan rings is 1. The molecule has 0 aliphatic heterocycles. The van der Waals surface area contributed by atoms with E-state index in [9.17, 15) is 0 Å². The van der Waals surface area contributed by atoms with Crippen LogP contribution in [0.4, 0.5) is 5.69 Å². The molecule has 4 heteroatoms. The maximum Gasteiger partial charge on any atom is 0.183 e. The Morgan fingerprint density at radius 2 is 2.00 bits per heavy atom. The van der Waals surface area contributed by atoms with Crippen molar-refractivity contribution in [1.29, 1.82) is 0 Å². The van der Waals surface area contributed by atoms with Crippen LogP contribution < -0.4 is 15.2 Å². The number of methoxy groups -OCH3 is 2. The summed E-state index contributed by atoms with van der Waals surface area (Å²) in [6, 6.07) is 7.30. The number of nitrogens with two attached hydrogens (primary N) is 1. The number of nitrogen functional groups attached to an aromatic ring is 1. The highest BCUT2D eigenvalue weighted by Gasteiger charge is 2.12. The zero-order valence-corrected chi connectivity index (χ0v) is 9.19. The second-order valence-electron chi connectivity index (χ2n) is 3.28. The minimum Gasteiger partial charge on any atom is -0.493 e. The Hall–Kier alpha value is -2.10. The van der Waals surface area contributed by atoms with E-state index >= 15 is 0 Å². The predicted molar refractivity (Wildman–Crippen MR) is 61.7 cm³/mol. The molecule has 1 heterocycles. The third-order valence-corrected chi connectivity index (χ3v) is 2.31. The molecule has 0 aliphatic carbocycles. The van der Waals surface area contributed by atoms with Crippen LogP contribution in [0.5, 0.6) is 11.5 Å². The van der Waals surface area contributed by atoms with Crippen molar-refractivity contribution in [2.75, 3.05) is 20.0 Å². The lowest BCUT2D eigenvalue weighted by Crippen LogP contribution is -1.96. The molecule has 1 aromatic heterocycles. The van der Waals surface area contributed by atoms with E-state index in [4.69, 9.17) is 19.6 Å². The molecule has 2 aromatic rings. The van der Waals surface area contributed by atoms with Crippen molar-refractivity contribution in [3.05, 3.63) is 30.5 Å². The van der Waals surface area contributed by atoms with Crippen molar-refractivity contribution >= 4 is 5.69 Å². The molecule has 0 saturated carbocycles. The molecule has 0 radical (unpaired) electrons. The van der Waals surface area contributed by atoms with E-state index in [-0.39, 0.29) is 0 Å². The number of ether oxygens (including phenoxy) is 2. The Balaban J connectivity index is 2.54. The van der Waals surface area contributed by atoms with Gasteiger partial charge in [0.25, 0.3) is 0 Å². The van der Waals surface area contributed by atoms with Gasteiger partial charge in [0.15, 0.2) is 11.5 Å². The van der Waals surface area contributed by atoms with Crippen LogP contribution >= 0.6 is 0 Å². The first kappa shape index (κ1) is 10.4. The van der Waals surface area contributed by atoms with Crippen LogP contribution in [0.1, 0.15) is 0 Å². The van der Waals surface area contributed by atoms with Gasteiger partial charge in [-0.15, -0.1) is 0 Å². The number of hydrogen-bond acceptors (Lipinski definition) is 4. The van der Waals surface area contributed by atoms with Gasteiger partial charge in [-0.25, -0.2) is 0 Å². The van der Waals surface area contributed by atoms with Crippen LogP contribution in [0.25, 0.3) is 11.3 Å². The molecule has 4 nitrogen and oxygen atoms in total. The average molecular weight is 219 g/mol. The first-order valence-electron chi connectivity index (χ1n) is 4.81. The summed E-state index contributed by atoms with van der Waals surface area (Å²) in [6.45, 7) is 0. The van der Waals surface area contributed by atoms with E-state index in [1.54, 1.807) is 26.5 Å². The van der Waals surface area contributed by atoms with Crippen molar-refractivity contribution < 1.29 is 13.9 Å². The normalized spacial score (nSPS) is 10.1. The quantitative estimate of drug-likeness (QED) is 0.806. The van der Waals surface area contributed by atoms with Crippen LogP contribution in [0.3, 0.4) is 0 Å². The SMILES string of the molecule is COc1cc(-c2ccco2)cc(N)c1OC. The van der Waals surface area contributed by atoms with E-state index in [0.29, 0.717) is 17.2 Å². The third kappa shape index (κ3) is 1.69. The first-order valence-corrected chi connectivity index (χ1v) is 4.81. The van der Waals surface area contributed by atoms with Crippen LogP contribution in [0.2, 0.25) is 0 Å². The third-order valence-electron chi connectivity index (χ3n) is 2.31. The molecular weight excluding hydrogens is 206 g/mol. The Bertz CT molecular complexity index is 477. The zero-order chi connectivity index (χ0) is 11.5. The molecule has 0 unspecified atom stereocenters. The summed E-state index contributed by atoms with van der Waals surface area (Å²) in [5.41, 5.74) is 7.25. The molecule has 1 aromatic carbocycles. The highest BCUT2D eigenvalue weighted by Crippen LogP contribution is 2.37. The van der Waals surface area contributed by atoms with Gasteiger partial charge in [-0.3, -0.25) is 0 Å². The Morgan fingerprint density at radius 3 is 2.56 bits per heavy atom. The number of anilines is 1. The molecule has 0 aliphatic rings. The standard InChI is InChI=1S/C12H13NO3/c1-14-11-7-8(10-4-3-5-16-10)6-9(13)12(11)15-2/h3-7H,13H2,1-2H3. The minimum atomic E-state index is 0.522. The predicted octanol–water partition coefficient (Wildman–Crippen LogP) is 2.55. The fourth-order valence-corrected chi connectivity index (χ4v) is 1.58. The average Bonchev–Trinajstić information content (AvgIpc) is 2.81. The van der Waals surface area contributed by atoms with E-state index in [0.717, 1.165) is 11.3 Å². The molecule has 0 bridgehead atoms. The maximum absolute atomic E-state index is 5.87. The summed E-state index contributed by atoms with van der Waals surface area (Å²) in [5, 5.41) is 0. The van der Waals surface area contributed by atoms with E-state index < -0.39 is 0 Å². The highest BCUT2D eigenvalue weighted by molar-refractivity contribution is 5.72. The van der Waals surface area contributed by atoms with Crippen molar-refractivity contribution in [3.8, 4) is 22.8 Å². The van der Waals surface area contributed by atoms with E-state index in [2.05, 4.69) is 0 Å². The molecule has 16 heavy (non-hydrogen) atoms. The van der Waals surface area contributed by atoms with Crippen LogP contribution in [-0.4, -0.2) is 14.2 Å². The van der Waals surface area contributed by atoms with E-state index in [1.807, 2.05) is 18.2 Å². The molecule has 0 amide bonds. The van der Waals surface area contributed by atoms with Crippen LogP contribution in [-0.2, 0) is 0 Å². The highest BCUT2D eigenvalue weighted by atomic mass is 16.5. The summed E-state index contributed by atoms with van der Waals surface area (Å²) in [7, 11) is 3.13. The first-order chi connectivity index (χ1) is 7.76. The smallest absolute Gasteiger partial charge is 0.183 e. The fraction of sp³-hybridized carbons (Fsp3) is 0.167. The van der Waals surface area contributed by atoms with Crippen LogP contribution in [0, 0.1) is 0 Å². The topological polar surface area (TPSA) is 57.6 Å². The van der Waals surface area contributed by atoms with Gasteiger partial charge in [-0.2, -0.15) is 0 Å². The number of rotatable bonds is 3. The Morgan fingerprint density at radius 1 is 1.19 bits per heavy atom. The lowest BCUT2D eigenvalue weighted by molar-refractivity contribution is 0.356. The van der Waals surface area contributed by atoms with Crippen molar-refractivity contribution in [3.63, 3.8) is 0 Å². The molecule has 2 N–H and O–H groups in total. The van der Waals surface area contributed by atoms with Crippen molar-refractivity contribution in [2.45, 2.75) is 0 Å². The molecular formula is C12H13NO3. The Kier molecular flexibility index (Phi) is 2.72. The van der Waals surface area contributed by atoms with Gasteiger partial charge in [0, 0.05) is 5.56 Å². The van der Waals surface area contributed by atoms with Gasteiger partial charge in [-0.1, -0.05) is 0 Å². The fourth-order valence-electron chi connectivity index (χ4n) is 1.58. The monoisotopic (exact) mass is 219 g/mol. The second kappa shape index (κ2) is 4.18. The summed E-state index contributed by atoms with van der Waals surface area (Å²) >= 11 is 0. The lowest BCUT2D eigenvalue weighted by Gasteiger charge is -2.11. The summed E-state index contributed by atoms with van der Waals surface area (Å²) < 4.78 is 15.7. The molecule has 0 saturated heterocycles. The molecule has 2 rings (SSSR count).